The fourth-order valence-electron chi connectivity index (χ4n) is 1.03. The van der Waals surface area contributed by atoms with Crippen molar-refractivity contribution in [3.8, 4) is 0 Å². The van der Waals surface area contributed by atoms with Crippen molar-refractivity contribution in [1.82, 2.24) is 0 Å². The molecule has 0 aromatic heterocycles. The Balaban J connectivity index is 3.54. The Morgan fingerprint density at radius 1 is 1.07 bits per heavy atom. The summed E-state index contributed by atoms with van der Waals surface area (Å²) in [6, 6.07) is 0.856. The molecule has 0 aliphatic heterocycles. The molecule has 0 bridgehead atoms. The molecular formula is C7H5BrF6S. The summed E-state index contributed by atoms with van der Waals surface area (Å²) in [5.74, 6) is -0.991. The van der Waals surface area contributed by atoms with Gasteiger partial charge in [-0.2, -0.15) is 0 Å². The first-order valence-corrected chi connectivity index (χ1v) is 6.60. The van der Waals surface area contributed by atoms with Gasteiger partial charge >= 0.3 is 10.2 Å². The predicted octanol–water partition coefficient (Wildman–Crippen LogP) is 5.38. The molecule has 0 saturated heterocycles. The van der Waals surface area contributed by atoms with E-state index in [4.69, 9.17) is 0 Å². The first-order chi connectivity index (χ1) is 6.44. The molecule has 0 amide bonds. The van der Waals surface area contributed by atoms with Crippen LogP contribution < -0.4 is 0 Å². The maximum atomic E-state index is 12.6. The molecule has 0 fully saturated rings. The van der Waals surface area contributed by atoms with Crippen LogP contribution in [0.2, 0.25) is 0 Å². The first-order valence-electron chi connectivity index (χ1n) is 3.52. The summed E-state index contributed by atoms with van der Waals surface area (Å²) in [5, 5.41) is -0.494. The van der Waals surface area contributed by atoms with Crippen LogP contribution in [-0.2, 0) is 5.33 Å². The third-order valence-corrected chi connectivity index (χ3v) is 3.42. The molecule has 1 aromatic rings. The van der Waals surface area contributed by atoms with Gasteiger partial charge in [-0.25, -0.2) is 4.39 Å². The van der Waals surface area contributed by atoms with Gasteiger partial charge in [-0.15, -0.1) is 0 Å². The predicted molar refractivity (Wildman–Crippen MR) is 50.4 cm³/mol. The molecule has 0 aliphatic carbocycles. The second-order valence-electron chi connectivity index (χ2n) is 2.85. The lowest BCUT2D eigenvalue weighted by Gasteiger charge is -2.41. The molecule has 1 aromatic carbocycles. The molecule has 0 nitrogen and oxygen atoms in total. The SMILES string of the molecule is Fc1ccc(S(F)(F)(F)(F)F)c(CBr)c1. The lowest BCUT2D eigenvalue weighted by molar-refractivity contribution is 0.363. The van der Waals surface area contributed by atoms with E-state index in [9.17, 15) is 23.8 Å². The summed E-state index contributed by atoms with van der Waals surface area (Å²) in [6.45, 7) is 0. The highest BCUT2D eigenvalue weighted by atomic mass is 79.9. The topological polar surface area (TPSA) is 0 Å². The van der Waals surface area contributed by atoms with Gasteiger partial charge in [-0.1, -0.05) is 35.4 Å². The monoisotopic (exact) mass is 314 g/mol. The molecule has 0 radical (unpaired) electrons. The normalized spacial score (nSPS) is 17.0. The van der Waals surface area contributed by atoms with Crippen LogP contribution in [0.5, 0.6) is 0 Å². The number of halogens is 7. The van der Waals surface area contributed by atoms with Gasteiger partial charge in [0.05, 0.1) is 0 Å². The summed E-state index contributed by atoms with van der Waals surface area (Å²) in [6.07, 6.45) is 0. The molecule has 0 saturated carbocycles. The zero-order valence-corrected chi connectivity index (χ0v) is 9.40. The second kappa shape index (κ2) is 2.85. The van der Waals surface area contributed by atoms with Gasteiger partial charge < -0.3 is 0 Å². The van der Waals surface area contributed by atoms with E-state index in [0.29, 0.717) is 12.1 Å². The molecule has 15 heavy (non-hydrogen) atoms. The smallest absolute Gasteiger partial charge is 0.207 e. The van der Waals surface area contributed by atoms with Gasteiger partial charge in [0.25, 0.3) is 0 Å². The minimum Gasteiger partial charge on any atom is -0.207 e. The maximum Gasteiger partial charge on any atom is 0.310 e. The maximum absolute atomic E-state index is 12.6. The van der Waals surface area contributed by atoms with Crippen molar-refractivity contribution in [3.63, 3.8) is 0 Å². The van der Waals surface area contributed by atoms with Gasteiger partial charge in [-0.3, -0.25) is 0 Å². The van der Waals surface area contributed by atoms with Crippen LogP contribution in [0.4, 0.5) is 23.8 Å². The number of hydrogen-bond donors (Lipinski definition) is 0. The highest BCUT2D eigenvalue weighted by Crippen LogP contribution is 3.02. The Kier molecular flexibility index (Phi) is 2.41. The van der Waals surface area contributed by atoms with Crippen LogP contribution in [0, 0.1) is 5.82 Å². The van der Waals surface area contributed by atoms with Crippen molar-refractivity contribution >= 4 is 26.2 Å². The minimum atomic E-state index is -9.72. The summed E-state index contributed by atoms with van der Waals surface area (Å²) in [5.41, 5.74) is -0.811. The van der Waals surface area contributed by atoms with E-state index in [1.165, 1.54) is 0 Å². The molecule has 0 heterocycles. The van der Waals surface area contributed by atoms with E-state index >= 15 is 0 Å². The van der Waals surface area contributed by atoms with E-state index in [0.717, 1.165) is 0 Å². The van der Waals surface area contributed by atoms with Crippen LogP contribution in [0.1, 0.15) is 5.56 Å². The average molecular weight is 315 g/mol. The number of benzene rings is 1. The van der Waals surface area contributed by atoms with Crippen LogP contribution in [0.3, 0.4) is 0 Å². The van der Waals surface area contributed by atoms with Crippen molar-refractivity contribution in [2.24, 2.45) is 0 Å². The Hall–Kier alpha value is -0.370. The van der Waals surface area contributed by atoms with E-state index in [2.05, 4.69) is 15.9 Å². The van der Waals surface area contributed by atoms with E-state index in [-0.39, 0.29) is 6.07 Å². The highest BCUT2D eigenvalue weighted by Gasteiger charge is 2.66. The zero-order chi connectivity index (χ0) is 12.0. The fraction of sp³-hybridized carbons (Fsp3) is 0.143. The average Bonchev–Trinajstić information content (AvgIpc) is 1.99. The molecule has 0 N–H and O–H groups in total. The Bertz CT molecular complexity index is 397. The Morgan fingerprint density at radius 3 is 2.00 bits per heavy atom. The zero-order valence-electron chi connectivity index (χ0n) is 6.99. The molecule has 8 heteroatoms. The van der Waals surface area contributed by atoms with Gasteiger partial charge in [0, 0.05) is 5.33 Å². The number of alkyl halides is 1. The number of hydrogen-bond acceptors (Lipinski definition) is 0. The van der Waals surface area contributed by atoms with Crippen molar-refractivity contribution < 1.29 is 23.8 Å². The summed E-state index contributed by atoms with van der Waals surface area (Å²) < 4.78 is 74.5. The van der Waals surface area contributed by atoms with Gasteiger partial charge in [-0.05, 0) is 23.8 Å². The summed E-state index contributed by atoms with van der Waals surface area (Å²) in [4.78, 5) is -2.05. The van der Waals surface area contributed by atoms with Crippen molar-refractivity contribution in [2.75, 3.05) is 0 Å². The Labute approximate surface area is 90.1 Å². The lowest BCUT2D eigenvalue weighted by Crippen LogP contribution is -2.09. The third-order valence-electron chi connectivity index (χ3n) is 1.58. The molecule has 0 aliphatic rings. The van der Waals surface area contributed by atoms with Crippen LogP contribution in [0.15, 0.2) is 23.1 Å². The van der Waals surface area contributed by atoms with Crippen LogP contribution in [0.25, 0.3) is 0 Å². The standard InChI is InChI=1S/C7H5BrF6S/c8-4-5-3-6(9)1-2-7(5)15(10,11,12,13)14/h1-3H,4H2. The third kappa shape index (κ3) is 3.04. The van der Waals surface area contributed by atoms with Crippen molar-refractivity contribution in [3.05, 3.63) is 29.6 Å². The van der Waals surface area contributed by atoms with Gasteiger partial charge in [0.1, 0.15) is 10.7 Å². The van der Waals surface area contributed by atoms with Crippen molar-refractivity contribution in [2.45, 2.75) is 10.2 Å². The van der Waals surface area contributed by atoms with Crippen molar-refractivity contribution in [1.29, 1.82) is 0 Å². The molecule has 88 valence electrons. The quantitative estimate of drug-likeness (QED) is 0.508. The largest absolute Gasteiger partial charge is 0.310 e. The fourth-order valence-corrected chi connectivity index (χ4v) is 2.63. The molecule has 0 unspecified atom stereocenters. The Morgan fingerprint density at radius 2 is 1.60 bits per heavy atom. The first kappa shape index (κ1) is 12.7. The van der Waals surface area contributed by atoms with E-state index in [1.807, 2.05) is 0 Å². The van der Waals surface area contributed by atoms with Gasteiger partial charge in [0.2, 0.25) is 0 Å². The summed E-state index contributed by atoms with van der Waals surface area (Å²) >= 11 is 2.60. The van der Waals surface area contributed by atoms with Crippen LogP contribution >= 0.6 is 26.2 Å². The second-order valence-corrected chi connectivity index (χ2v) is 5.79. The molecule has 1 rings (SSSR count). The van der Waals surface area contributed by atoms with Gasteiger partial charge in [0.15, 0.2) is 0 Å². The molecule has 0 spiro atoms. The molecule has 0 atom stereocenters. The van der Waals surface area contributed by atoms with E-state index < -0.39 is 31.8 Å². The minimum absolute atomic E-state index is 0.0630. The lowest BCUT2D eigenvalue weighted by atomic mass is 10.2. The summed E-state index contributed by atoms with van der Waals surface area (Å²) in [7, 11) is -9.72. The molecular weight excluding hydrogens is 310 g/mol. The highest BCUT2D eigenvalue weighted by molar-refractivity contribution is 9.08. The van der Waals surface area contributed by atoms with E-state index in [1.54, 1.807) is 0 Å². The number of rotatable bonds is 2. The van der Waals surface area contributed by atoms with Crippen LogP contribution in [-0.4, -0.2) is 0 Å².